The van der Waals surface area contributed by atoms with Crippen LogP contribution in [0.25, 0.3) is 6.08 Å². The van der Waals surface area contributed by atoms with E-state index in [1.807, 2.05) is 48.7 Å². The van der Waals surface area contributed by atoms with Gasteiger partial charge in [-0.25, -0.2) is 0 Å². The van der Waals surface area contributed by atoms with Gasteiger partial charge in [0, 0.05) is 9.35 Å². The van der Waals surface area contributed by atoms with Crippen molar-refractivity contribution in [3.8, 4) is 0 Å². The first-order chi connectivity index (χ1) is 12.4. The van der Waals surface area contributed by atoms with Crippen molar-refractivity contribution >= 4 is 62.2 Å². The van der Waals surface area contributed by atoms with E-state index >= 15 is 0 Å². The van der Waals surface area contributed by atoms with Crippen LogP contribution in [0.1, 0.15) is 23.4 Å². The molecule has 0 spiro atoms. The average molecular weight is 451 g/mol. The number of hydrogen-bond acceptors (Lipinski definition) is 5. The van der Waals surface area contributed by atoms with E-state index in [-0.39, 0.29) is 18.5 Å². The first kappa shape index (κ1) is 18.9. The van der Waals surface area contributed by atoms with E-state index in [9.17, 15) is 14.4 Å². The van der Waals surface area contributed by atoms with Crippen molar-refractivity contribution in [3.63, 3.8) is 0 Å². The Bertz CT molecular complexity index is 863. The number of amides is 3. The fourth-order valence-electron chi connectivity index (χ4n) is 2.40. The Morgan fingerprint density at radius 1 is 1.27 bits per heavy atom. The van der Waals surface area contributed by atoms with Crippen LogP contribution in [0, 0.1) is 0 Å². The molecule has 1 N–H and O–H groups in total. The highest BCUT2D eigenvalue weighted by atomic mass is 79.9. The van der Waals surface area contributed by atoms with E-state index in [0.717, 1.165) is 31.6 Å². The minimum atomic E-state index is -0.431. The molecule has 1 saturated heterocycles. The van der Waals surface area contributed by atoms with Gasteiger partial charge in [0.1, 0.15) is 6.54 Å². The molecule has 1 aliphatic heterocycles. The van der Waals surface area contributed by atoms with E-state index in [4.69, 9.17) is 0 Å². The van der Waals surface area contributed by atoms with Crippen LogP contribution in [0.15, 0.2) is 51.2 Å². The SMILES string of the molecule is CC(NC(=O)CN1C(=O)S/C(=C\c2cccs2)C1=O)c1ccc(Br)cc1. The van der Waals surface area contributed by atoms with E-state index in [1.165, 1.54) is 11.3 Å². The Kier molecular flexibility index (Phi) is 5.95. The van der Waals surface area contributed by atoms with Gasteiger partial charge in [0.05, 0.1) is 10.9 Å². The summed E-state index contributed by atoms with van der Waals surface area (Å²) in [7, 11) is 0. The normalized spacial score (nSPS) is 17.0. The average Bonchev–Trinajstić information content (AvgIpc) is 3.20. The van der Waals surface area contributed by atoms with Gasteiger partial charge in [0.2, 0.25) is 5.91 Å². The number of hydrogen-bond donors (Lipinski definition) is 1. The van der Waals surface area contributed by atoms with E-state index in [0.29, 0.717) is 4.91 Å². The second-order valence-corrected chi connectivity index (χ2v) is 8.51. The Morgan fingerprint density at radius 3 is 2.65 bits per heavy atom. The molecule has 26 heavy (non-hydrogen) atoms. The van der Waals surface area contributed by atoms with Crippen molar-refractivity contribution in [2.45, 2.75) is 13.0 Å². The molecule has 2 aromatic rings. The zero-order chi connectivity index (χ0) is 18.7. The second-order valence-electron chi connectivity index (χ2n) is 5.62. The molecule has 134 valence electrons. The maximum atomic E-state index is 12.4. The minimum absolute atomic E-state index is 0.225. The number of benzene rings is 1. The van der Waals surface area contributed by atoms with Crippen molar-refractivity contribution in [3.05, 3.63) is 61.6 Å². The summed E-state index contributed by atoms with van der Waals surface area (Å²) in [6.07, 6.45) is 1.68. The van der Waals surface area contributed by atoms with Gasteiger partial charge in [0.15, 0.2) is 0 Å². The van der Waals surface area contributed by atoms with Crippen LogP contribution in [-0.2, 0) is 9.59 Å². The van der Waals surface area contributed by atoms with Gasteiger partial charge in [-0.15, -0.1) is 11.3 Å². The molecule has 0 radical (unpaired) electrons. The number of thiophene rings is 1. The summed E-state index contributed by atoms with van der Waals surface area (Å²) in [5, 5.41) is 4.29. The quantitative estimate of drug-likeness (QED) is 0.684. The number of imide groups is 1. The van der Waals surface area contributed by atoms with Crippen LogP contribution >= 0.6 is 39.0 Å². The van der Waals surface area contributed by atoms with Crippen LogP contribution in [0.4, 0.5) is 4.79 Å². The molecule has 3 amide bonds. The molecule has 0 aliphatic carbocycles. The summed E-state index contributed by atoms with van der Waals surface area (Å²) >= 11 is 5.71. The molecular formula is C18H15BrN2O3S2. The zero-order valence-electron chi connectivity index (χ0n) is 13.8. The number of nitrogens with zero attached hydrogens (tertiary/aromatic N) is 1. The molecule has 0 bridgehead atoms. The fraction of sp³-hybridized carbons (Fsp3) is 0.167. The number of carbonyl (C=O) groups is 3. The molecule has 0 saturated carbocycles. The molecule has 3 rings (SSSR count). The predicted molar refractivity (Wildman–Crippen MR) is 108 cm³/mol. The highest BCUT2D eigenvalue weighted by molar-refractivity contribution is 9.10. The Morgan fingerprint density at radius 2 is 2.00 bits per heavy atom. The molecule has 1 aliphatic rings. The summed E-state index contributed by atoms with van der Waals surface area (Å²) in [5.41, 5.74) is 0.938. The third-order valence-corrected chi connectivity index (χ3v) is 5.99. The first-order valence-electron chi connectivity index (χ1n) is 7.78. The number of thioether (sulfide) groups is 1. The number of nitrogens with one attached hydrogen (secondary N) is 1. The molecule has 1 aromatic heterocycles. The summed E-state index contributed by atoms with van der Waals surface area (Å²) in [5.74, 6) is -0.806. The maximum absolute atomic E-state index is 12.4. The van der Waals surface area contributed by atoms with Gasteiger partial charge in [-0.05, 0) is 53.9 Å². The van der Waals surface area contributed by atoms with Crippen LogP contribution in [0.3, 0.4) is 0 Å². The van der Waals surface area contributed by atoms with Crippen molar-refractivity contribution in [1.29, 1.82) is 0 Å². The first-order valence-corrected chi connectivity index (χ1v) is 10.3. The largest absolute Gasteiger partial charge is 0.348 e. The third-order valence-electron chi connectivity index (χ3n) is 3.74. The molecule has 1 unspecified atom stereocenters. The van der Waals surface area contributed by atoms with Crippen LogP contribution in [-0.4, -0.2) is 28.5 Å². The van der Waals surface area contributed by atoms with Gasteiger partial charge in [-0.3, -0.25) is 19.3 Å². The summed E-state index contributed by atoms with van der Waals surface area (Å²) in [6.45, 7) is 1.57. The minimum Gasteiger partial charge on any atom is -0.348 e. The van der Waals surface area contributed by atoms with Gasteiger partial charge in [-0.2, -0.15) is 0 Å². The highest BCUT2D eigenvalue weighted by Crippen LogP contribution is 2.32. The monoisotopic (exact) mass is 450 g/mol. The number of rotatable bonds is 5. The fourth-order valence-corrected chi connectivity index (χ4v) is 4.23. The summed E-state index contributed by atoms with van der Waals surface area (Å²) in [6, 6.07) is 11.1. The van der Waals surface area contributed by atoms with Gasteiger partial charge < -0.3 is 5.32 Å². The smallest absolute Gasteiger partial charge is 0.294 e. The molecule has 2 heterocycles. The lowest BCUT2D eigenvalue weighted by Gasteiger charge is -2.17. The van der Waals surface area contributed by atoms with Crippen molar-refractivity contribution in [2.24, 2.45) is 0 Å². The number of halogens is 1. The maximum Gasteiger partial charge on any atom is 0.294 e. The van der Waals surface area contributed by atoms with Gasteiger partial charge >= 0.3 is 0 Å². The van der Waals surface area contributed by atoms with Crippen molar-refractivity contribution in [2.75, 3.05) is 6.54 Å². The number of carbonyl (C=O) groups excluding carboxylic acids is 3. The molecular weight excluding hydrogens is 436 g/mol. The van der Waals surface area contributed by atoms with Crippen molar-refractivity contribution < 1.29 is 14.4 Å². The molecule has 8 heteroatoms. The summed E-state index contributed by atoms with van der Waals surface area (Å²) < 4.78 is 0.954. The van der Waals surface area contributed by atoms with Crippen LogP contribution in [0.2, 0.25) is 0 Å². The second kappa shape index (κ2) is 8.20. The van der Waals surface area contributed by atoms with Gasteiger partial charge in [0.25, 0.3) is 11.1 Å². The molecule has 5 nitrogen and oxygen atoms in total. The molecule has 1 fully saturated rings. The topological polar surface area (TPSA) is 66.5 Å². The zero-order valence-corrected chi connectivity index (χ0v) is 17.0. The molecule has 1 atom stereocenters. The van der Waals surface area contributed by atoms with Crippen molar-refractivity contribution in [1.82, 2.24) is 10.2 Å². The van der Waals surface area contributed by atoms with E-state index < -0.39 is 11.1 Å². The third kappa shape index (κ3) is 4.44. The predicted octanol–water partition coefficient (Wildman–Crippen LogP) is 4.42. The molecule has 1 aromatic carbocycles. The lowest BCUT2D eigenvalue weighted by atomic mass is 10.1. The lowest BCUT2D eigenvalue weighted by Crippen LogP contribution is -2.40. The highest BCUT2D eigenvalue weighted by Gasteiger charge is 2.36. The Labute approximate surface area is 167 Å². The Hall–Kier alpha value is -1.90. The van der Waals surface area contributed by atoms with Crippen LogP contribution in [0.5, 0.6) is 0 Å². The lowest BCUT2D eigenvalue weighted by molar-refractivity contribution is -0.129. The Balaban J connectivity index is 1.62. The van der Waals surface area contributed by atoms with E-state index in [2.05, 4.69) is 21.2 Å². The van der Waals surface area contributed by atoms with Crippen LogP contribution < -0.4 is 5.32 Å². The van der Waals surface area contributed by atoms with Gasteiger partial charge in [-0.1, -0.05) is 34.1 Å². The standard InChI is InChI=1S/C18H15BrN2O3S2/c1-11(12-4-6-13(19)7-5-12)20-16(22)10-21-17(23)15(26-18(21)24)9-14-3-2-8-25-14/h2-9,11H,10H2,1H3,(H,20,22)/b15-9-. The summed E-state index contributed by atoms with van der Waals surface area (Å²) in [4.78, 5) is 39.0. The van der Waals surface area contributed by atoms with E-state index in [1.54, 1.807) is 6.08 Å².